The molecule has 4 rings (SSSR count). The molecule has 1 aliphatic rings. The van der Waals surface area contributed by atoms with E-state index in [4.69, 9.17) is 11.6 Å². The Kier molecular flexibility index (Phi) is 6.50. The molecular formula is C19H19ClF5N7O. The molecule has 1 fully saturated rings. The summed E-state index contributed by atoms with van der Waals surface area (Å²) in [5.41, 5.74) is 0.513. The van der Waals surface area contributed by atoms with Gasteiger partial charge in [0.15, 0.2) is 11.8 Å². The van der Waals surface area contributed by atoms with Crippen molar-refractivity contribution in [3.05, 3.63) is 41.1 Å². The van der Waals surface area contributed by atoms with Crippen molar-refractivity contribution in [2.75, 3.05) is 0 Å². The highest BCUT2D eigenvalue weighted by atomic mass is 35.5. The van der Waals surface area contributed by atoms with Crippen molar-refractivity contribution in [3.8, 4) is 0 Å². The second-order valence-corrected chi connectivity index (χ2v) is 8.38. The number of alkyl halides is 5. The molecule has 0 radical (unpaired) electrons. The van der Waals surface area contributed by atoms with Crippen LogP contribution in [0.4, 0.5) is 22.0 Å². The van der Waals surface area contributed by atoms with Crippen LogP contribution in [0.1, 0.15) is 47.9 Å². The predicted molar refractivity (Wildman–Crippen MR) is 106 cm³/mol. The molecule has 178 valence electrons. The fourth-order valence-electron chi connectivity index (χ4n) is 3.88. The average Bonchev–Trinajstić information content (AvgIpc) is 3.38. The summed E-state index contributed by atoms with van der Waals surface area (Å²) in [5, 5.41) is 14.2. The zero-order valence-electron chi connectivity index (χ0n) is 17.0. The van der Waals surface area contributed by atoms with Crippen LogP contribution in [0.3, 0.4) is 0 Å². The minimum Gasteiger partial charge on any atom is -0.342 e. The number of carbonyl (C=O) groups is 1. The van der Waals surface area contributed by atoms with Gasteiger partial charge < -0.3 is 5.32 Å². The molecule has 0 bridgehead atoms. The van der Waals surface area contributed by atoms with Gasteiger partial charge in [-0.2, -0.15) is 5.10 Å². The summed E-state index contributed by atoms with van der Waals surface area (Å²) in [6, 6.07) is 0.755. The maximum atomic E-state index is 13.7. The van der Waals surface area contributed by atoms with E-state index < -0.39 is 37.0 Å². The van der Waals surface area contributed by atoms with Gasteiger partial charge in [-0.15, -0.1) is 5.10 Å². The van der Waals surface area contributed by atoms with E-state index in [2.05, 4.69) is 25.7 Å². The molecule has 0 aromatic carbocycles. The van der Waals surface area contributed by atoms with E-state index in [0.717, 1.165) is 10.9 Å². The zero-order chi connectivity index (χ0) is 23.8. The minimum atomic E-state index is -3.25. The first kappa shape index (κ1) is 23.3. The van der Waals surface area contributed by atoms with Gasteiger partial charge in [-0.3, -0.25) is 4.79 Å². The highest BCUT2D eigenvalue weighted by Crippen LogP contribution is 2.41. The number of rotatable bonds is 7. The fourth-order valence-corrected chi connectivity index (χ4v) is 4.02. The van der Waals surface area contributed by atoms with Crippen LogP contribution in [0.5, 0.6) is 0 Å². The van der Waals surface area contributed by atoms with Crippen molar-refractivity contribution in [2.24, 2.45) is 5.92 Å². The Morgan fingerprint density at radius 3 is 2.67 bits per heavy atom. The molecule has 1 N–H and O–H groups in total. The molecule has 14 heteroatoms. The van der Waals surface area contributed by atoms with Gasteiger partial charge in [0.25, 0.3) is 12.3 Å². The van der Waals surface area contributed by atoms with Crippen molar-refractivity contribution in [1.29, 1.82) is 0 Å². The molecule has 1 saturated carbocycles. The minimum absolute atomic E-state index is 0.120. The first-order chi connectivity index (χ1) is 15.6. The molecule has 1 aliphatic carbocycles. The van der Waals surface area contributed by atoms with Gasteiger partial charge in [0.05, 0.1) is 41.9 Å². The summed E-state index contributed by atoms with van der Waals surface area (Å²) in [4.78, 5) is 17.4. The first-order valence-electron chi connectivity index (χ1n) is 10.1. The van der Waals surface area contributed by atoms with E-state index in [1.165, 1.54) is 10.7 Å². The Morgan fingerprint density at radius 1 is 1.24 bits per heavy atom. The summed E-state index contributed by atoms with van der Waals surface area (Å²) in [5.74, 6) is -3.94. The number of nitrogens with zero attached hydrogens (tertiary/aromatic N) is 6. The second kappa shape index (κ2) is 9.20. The number of carbonyl (C=O) groups excluding carboxylic acids is 1. The highest BCUT2D eigenvalue weighted by molar-refractivity contribution is 6.30. The predicted octanol–water partition coefficient (Wildman–Crippen LogP) is 3.87. The van der Waals surface area contributed by atoms with Crippen LogP contribution < -0.4 is 5.32 Å². The number of nitrogens with one attached hydrogen (secondary N) is 1. The monoisotopic (exact) mass is 491 g/mol. The number of hydrogen-bond donors (Lipinski definition) is 1. The topological polar surface area (TPSA) is 90.0 Å². The van der Waals surface area contributed by atoms with Gasteiger partial charge in [0.1, 0.15) is 5.69 Å². The summed E-state index contributed by atoms with van der Waals surface area (Å²) < 4.78 is 68.3. The average molecular weight is 492 g/mol. The quantitative estimate of drug-likeness (QED) is 0.507. The second-order valence-electron chi connectivity index (χ2n) is 7.94. The lowest BCUT2D eigenvalue weighted by Gasteiger charge is -2.33. The number of hydrogen-bond acceptors (Lipinski definition) is 5. The summed E-state index contributed by atoms with van der Waals surface area (Å²) in [6.45, 7) is -0.864. The molecule has 8 nitrogen and oxygen atoms in total. The van der Waals surface area contributed by atoms with Gasteiger partial charge in [0.2, 0.25) is 5.92 Å². The van der Waals surface area contributed by atoms with Gasteiger partial charge in [-0.25, -0.2) is 36.1 Å². The zero-order valence-corrected chi connectivity index (χ0v) is 17.8. The van der Waals surface area contributed by atoms with E-state index >= 15 is 0 Å². The van der Waals surface area contributed by atoms with E-state index in [1.807, 2.05) is 0 Å². The summed E-state index contributed by atoms with van der Waals surface area (Å²) in [6.07, 6.45) is -2.28. The van der Waals surface area contributed by atoms with Crippen LogP contribution >= 0.6 is 11.6 Å². The number of aromatic nitrogens is 6. The van der Waals surface area contributed by atoms with Gasteiger partial charge >= 0.3 is 0 Å². The summed E-state index contributed by atoms with van der Waals surface area (Å²) in [7, 11) is 0. The lowest BCUT2D eigenvalue weighted by atomic mass is 9.81. The van der Waals surface area contributed by atoms with E-state index in [-0.39, 0.29) is 37.3 Å². The van der Waals surface area contributed by atoms with Crippen LogP contribution in [0.25, 0.3) is 5.65 Å². The number of fused-ring (bicyclic) bond motifs is 1. The van der Waals surface area contributed by atoms with Crippen LogP contribution in [0, 0.1) is 5.92 Å². The van der Waals surface area contributed by atoms with E-state index in [9.17, 15) is 26.7 Å². The molecule has 2 unspecified atom stereocenters. The Labute approximate surface area is 189 Å². The number of halogens is 6. The van der Waals surface area contributed by atoms with Crippen molar-refractivity contribution in [2.45, 2.75) is 56.8 Å². The molecule has 0 aliphatic heterocycles. The van der Waals surface area contributed by atoms with Crippen LogP contribution in [0.15, 0.2) is 24.7 Å². The Morgan fingerprint density at radius 2 is 1.97 bits per heavy atom. The fraction of sp³-hybridized carbons (Fsp3) is 0.526. The Bertz CT molecular complexity index is 1130. The SMILES string of the molecule is O=C(NC(c1cn2ncc(Cl)cc2n1)C1CCC(F)(F)CC1)c1cnnn1CC(F)C(F)F. The lowest BCUT2D eigenvalue weighted by molar-refractivity contribution is -0.0495. The van der Waals surface area contributed by atoms with E-state index in [0.29, 0.717) is 16.4 Å². The molecule has 33 heavy (non-hydrogen) atoms. The van der Waals surface area contributed by atoms with Crippen molar-refractivity contribution < 1.29 is 26.7 Å². The molecule has 1 amide bonds. The Hall–Kier alpha value is -2.83. The largest absolute Gasteiger partial charge is 0.342 e. The van der Waals surface area contributed by atoms with Gasteiger partial charge in [-0.05, 0) is 18.8 Å². The highest BCUT2D eigenvalue weighted by Gasteiger charge is 2.39. The standard InChI is InChI=1S/C19H19ClF5N7O/c20-11-5-15-28-13(9-32(15)27-6-11)16(10-1-3-19(24,25)4-2-10)29-18(33)14-7-26-30-31(14)8-12(21)17(22)23/h5-7,9-10,12,16-17H,1-4,8H2,(H,29,33). The summed E-state index contributed by atoms with van der Waals surface area (Å²) >= 11 is 5.95. The van der Waals surface area contributed by atoms with E-state index in [1.54, 1.807) is 12.3 Å². The van der Waals surface area contributed by atoms with Crippen LogP contribution in [0.2, 0.25) is 5.02 Å². The van der Waals surface area contributed by atoms with Crippen molar-refractivity contribution in [1.82, 2.24) is 34.9 Å². The smallest absolute Gasteiger partial charge is 0.271 e. The van der Waals surface area contributed by atoms with Crippen molar-refractivity contribution in [3.63, 3.8) is 0 Å². The molecule has 3 heterocycles. The van der Waals surface area contributed by atoms with Gasteiger partial charge in [-0.1, -0.05) is 16.8 Å². The number of imidazole rings is 1. The first-order valence-corrected chi connectivity index (χ1v) is 10.5. The maximum absolute atomic E-state index is 13.7. The van der Waals surface area contributed by atoms with Crippen LogP contribution in [-0.4, -0.2) is 54.0 Å². The molecule has 0 spiro atoms. The molecule has 3 aromatic rings. The van der Waals surface area contributed by atoms with Gasteiger partial charge in [0, 0.05) is 18.9 Å². The van der Waals surface area contributed by atoms with Crippen LogP contribution in [-0.2, 0) is 6.54 Å². The molecule has 2 atom stereocenters. The third-order valence-electron chi connectivity index (χ3n) is 5.61. The third kappa shape index (κ3) is 5.23. The lowest BCUT2D eigenvalue weighted by Crippen LogP contribution is -2.38. The molecular weight excluding hydrogens is 473 g/mol. The maximum Gasteiger partial charge on any atom is 0.271 e. The Balaban J connectivity index is 1.61. The third-order valence-corrected chi connectivity index (χ3v) is 5.82. The molecule has 0 saturated heterocycles. The molecule has 3 aromatic heterocycles. The number of amides is 1. The normalized spacial score (nSPS) is 18.5. The van der Waals surface area contributed by atoms with Crippen molar-refractivity contribution >= 4 is 23.2 Å².